The van der Waals surface area contributed by atoms with Crippen molar-refractivity contribution in [3.63, 3.8) is 0 Å². The number of rotatable bonds is 9. The highest BCUT2D eigenvalue weighted by Gasteiger charge is 2.17. The number of aliphatic carboxylic acids is 1. The van der Waals surface area contributed by atoms with Crippen LogP contribution in [0.5, 0.6) is 5.75 Å². The van der Waals surface area contributed by atoms with Gasteiger partial charge in [-0.3, -0.25) is 15.3 Å². The molecular formula is C26H24N2O4. The summed E-state index contributed by atoms with van der Waals surface area (Å²) in [4.78, 5) is 21.0. The summed E-state index contributed by atoms with van der Waals surface area (Å²) in [6.07, 6.45) is 9.32. The van der Waals surface area contributed by atoms with E-state index in [2.05, 4.69) is 16.5 Å². The van der Waals surface area contributed by atoms with Gasteiger partial charge in [0.25, 0.3) is 0 Å². The van der Waals surface area contributed by atoms with Crippen molar-refractivity contribution in [1.82, 2.24) is 10.5 Å². The number of hydroxylamine groups is 1. The van der Waals surface area contributed by atoms with Crippen molar-refractivity contribution >= 4 is 23.3 Å². The molecule has 4 rings (SSSR count). The summed E-state index contributed by atoms with van der Waals surface area (Å²) in [6, 6.07) is 19.6. The number of ether oxygens (including phenoxy) is 1. The standard InChI is InChI=1S/C26H24N2O4/c29-26(30)18-31-25-13-5-11-22-21(9-4-12-23(22)25)17-32-28-24(20-10-6-14-27-16-20)15-19-7-2-1-3-8-19/h1-3,5-11,13-16,28H,4,12,17-18H2,(H,29,30). The van der Waals surface area contributed by atoms with Crippen molar-refractivity contribution in [2.45, 2.75) is 12.8 Å². The monoisotopic (exact) mass is 428 g/mol. The van der Waals surface area contributed by atoms with Gasteiger partial charge in [0.2, 0.25) is 0 Å². The normalized spacial score (nSPS) is 13.1. The quantitative estimate of drug-likeness (QED) is 0.485. The van der Waals surface area contributed by atoms with Crippen LogP contribution in [0.2, 0.25) is 0 Å². The first-order chi connectivity index (χ1) is 15.7. The van der Waals surface area contributed by atoms with E-state index in [1.807, 2.05) is 66.7 Å². The third-order valence-electron chi connectivity index (χ3n) is 5.11. The van der Waals surface area contributed by atoms with E-state index in [1.165, 1.54) is 0 Å². The van der Waals surface area contributed by atoms with Gasteiger partial charge in [-0.05, 0) is 53.8 Å². The highest BCUT2D eigenvalue weighted by atomic mass is 16.6. The van der Waals surface area contributed by atoms with Crippen LogP contribution in [0.25, 0.3) is 17.3 Å². The summed E-state index contributed by atoms with van der Waals surface area (Å²) in [5.74, 6) is -0.377. The Morgan fingerprint density at radius 2 is 1.97 bits per heavy atom. The van der Waals surface area contributed by atoms with E-state index in [-0.39, 0.29) is 6.61 Å². The molecule has 32 heavy (non-hydrogen) atoms. The van der Waals surface area contributed by atoms with E-state index in [0.29, 0.717) is 12.4 Å². The number of allylic oxidation sites excluding steroid dienone is 1. The molecule has 2 N–H and O–H groups in total. The van der Waals surface area contributed by atoms with Crippen molar-refractivity contribution in [3.8, 4) is 5.75 Å². The fourth-order valence-electron chi connectivity index (χ4n) is 3.64. The topological polar surface area (TPSA) is 80.7 Å². The van der Waals surface area contributed by atoms with Gasteiger partial charge in [-0.1, -0.05) is 48.5 Å². The lowest BCUT2D eigenvalue weighted by atomic mass is 9.90. The maximum Gasteiger partial charge on any atom is 0.341 e. The third-order valence-corrected chi connectivity index (χ3v) is 5.11. The van der Waals surface area contributed by atoms with Gasteiger partial charge in [-0.25, -0.2) is 4.79 Å². The maximum atomic E-state index is 10.9. The first-order valence-corrected chi connectivity index (χ1v) is 10.4. The number of aromatic nitrogens is 1. The largest absolute Gasteiger partial charge is 0.482 e. The molecule has 1 aliphatic rings. The molecule has 0 bridgehead atoms. The molecular weight excluding hydrogens is 404 g/mol. The average molecular weight is 428 g/mol. The Labute approximate surface area is 186 Å². The van der Waals surface area contributed by atoms with Gasteiger partial charge in [-0.2, -0.15) is 0 Å². The van der Waals surface area contributed by atoms with E-state index in [4.69, 9.17) is 14.7 Å². The highest BCUT2D eigenvalue weighted by molar-refractivity contribution is 5.79. The second kappa shape index (κ2) is 10.4. The Balaban J connectivity index is 1.48. The first-order valence-electron chi connectivity index (χ1n) is 10.4. The second-order valence-corrected chi connectivity index (χ2v) is 7.33. The van der Waals surface area contributed by atoms with Gasteiger partial charge in [0.05, 0.1) is 12.3 Å². The summed E-state index contributed by atoms with van der Waals surface area (Å²) in [5, 5.41) is 8.92. The molecule has 6 heteroatoms. The SMILES string of the molecule is O=C(O)COc1cccc2c1CCC=C2CONC(=Cc1ccccc1)c1cccnc1. The number of nitrogens with one attached hydrogen (secondary N) is 1. The number of benzene rings is 2. The van der Waals surface area contributed by atoms with Gasteiger partial charge in [0.15, 0.2) is 6.61 Å². The summed E-state index contributed by atoms with van der Waals surface area (Å²) in [6.45, 7) is -0.00587. The Kier molecular flexibility index (Phi) is 6.94. The maximum absolute atomic E-state index is 10.9. The van der Waals surface area contributed by atoms with Crippen LogP contribution in [0.15, 0.2) is 79.1 Å². The first kappa shape index (κ1) is 21.3. The molecule has 2 aromatic carbocycles. The van der Waals surface area contributed by atoms with Crippen molar-refractivity contribution in [1.29, 1.82) is 0 Å². The Morgan fingerprint density at radius 3 is 2.75 bits per heavy atom. The minimum absolute atomic E-state index is 0.349. The number of carbonyl (C=O) groups is 1. The van der Waals surface area contributed by atoms with Crippen molar-refractivity contribution in [3.05, 3.63) is 101 Å². The molecule has 0 aliphatic heterocycles. The second-order valence-electron chi connectivity index (χ2n) is 7.33. The van der Waals surface area contributed by atoms with Gasteiger partial charge in [-0.15, -0.1) is 0 Å². The minimum Gasteiger partial charge on any atom is -0.482 e. The lowest BCUT2D eigenvalue weighted by Gasteiger charge is -2.21. The van der Waals surface area contributed by atoms with Crippen LogP contribution in [0.1, 0.15) is 28.7 Å². The van der Waals surface area contributed by atoms with Crippen LogP contribution in [0.3, 0.4) is 0 Å². The fourth-order valence-corrected chi connectivity index (χ4v) is 3.64. The lowest BCUT2D eigenvalue weighted by Crippen LogP contribution is -2.17. The number of carboxylic acid groups (broad SMARTS) is 1. The molecule has 0 amide bonds. The zero-order valence-electron chi connectivity index (χ0n) is 17.5. The predicted molar refractivity (Wildman–Crippen MR) is 124 cm³/mol. The predicted octanol–water partition coefficient (Wildman–Crippen LogP) is 4.59. The molecule has 6 nitrogen and oxygen atoms in total. The fraction of sp³-hybridized carbons (Fsp3) is 0.154. The summed E-state index contributed by atoms with van der Waals surface area (Å²) >= 11 is 0. The Bertz CT molecular complexity index is 1130. The molecule has 0 saturated carbocycles. The molecule has 0 unspecified atom stereocenters. The number of carboxylic acids is 1. The summed E-state index contributed by atoms with van der Waals surface area (Å²) in [5.41, 5.74) is 8.93. The molecule has 1 heterocycles. The van der Waals surface area contributed by atoms with Crippen LogP contribution in [-0.4, -0.2) is 29.3 Å². The summed E-state index contributed by atoms with van der Waals surface area (Å²) < 4.78 is 5.48. The highest BCUT2D eigenvalue weighted by Crippen LogP contribution is 2.33. The number of pyridine rings is 1. The zero-order chi connectivity index (χ0) is 22.2. The summed E-state index contributed by atoms with van der Waals surface area (Å²) in [7, 11) is 0. The molecule has 1 aliphatic carbocycles. The van der Waals surface area contributed by atoms with Crippen LogP contribution >= 0.6 is 0 Å². The van der Waals surface area contributed by atoms with E-state index < -0.39 is 5.97 Å². The van der Waals surface area contributed by atoms with Crippen molar-refractivity contribution in [2.75, 3.05) is 13.2 Å². The Hall–Kier alpha value is -3.90. The lowest BCUT2D eigenvalue weighted by molar-refractivity contribution is -0.139. The van der Waals surface area contributed by atoms with Gasteiger partial charge >= 0.3 is 5.97 Å². The van der Waals surface area contributed by atoms with Gasteiger partial charge in [0, 0.05) is 23.5 Å². The van der Waals surface area contributed by atoms with Crippen LogP contribution < -0.4 is 10.2 Å². The smallest absolute Gasteiger partial charge is 0.341 e. The van der Waals surface area contributed by atoms with Crippen LogP contribution in [0.4, 0.5) is 0 Å². The molecule has 0 saturated heterocycles. The van der Waals surface area contributed by atoms with Crippen molar-refractivity contribution in [2.24, 2.45) is 0 Å². The van der Waals surface area contributed by atoms with Crippen molar-refractivity contribution < 1.29 is 19.5 Å². The molecule has 0 fully saturated rings. The number of nitrogens with zero attached hydrogens (tertiary/aromatic N) is 1. The number of hydrogen-bond acceptors (Lipinski definition) is 5. The molecule has 162 valence electrons. The van der Waals surface area contributed by atoms with E-state index in [9.17, 15) is 4.79 Å². The van der Waals surface area contributed by atoms with Crippen LogP contribution in [-0.2, 0) is 16.1 Å². The van der Waals surface area contributed by atoms with Gasteiger partial charge < -0.3 is 9.84 Å². The van der Waals surface area contributed by atoms with E-state index >= 15 is 0 Å². The van der Waals surface area contributed by atoms with E-state index in [1.54, 1.807) is 12.4 Å². The Morgan fingerprint density at radius 1 is 1.09 bits per heavy atom. The number of fused-ring (bicyclic) bond motifs is 1. The average Bonchev–Trinajstić information content (AvgIpc) is 2.83. The van der Waals surface area contributed by atoms with E-state index in [0.717, 1.165) is 46.4 Å². The zero-order valence-corrected chi connectivity index (χ0v) is 17.5. The van der Waals surface area contributed by atoms with Gasteiger partial charge in [0.1, 0.15) is 5.75 Å². The van der Waals surface area contributed by atoms with Crippen LogP contribution in [0, 0.1) is 0 Å². The molecule has 3 aromatic rings. The molecule has 0 spiro atoms. The molecule has 0 atom stereocenters. The molecule has 0 radical (unpaired) electrons. The molecule has 1 aromatic heterocycles. The minimum atomic E-state index is -0.991. The number of hydrogen-bond donors (Lipinski definition) is 2. The third kappa shape index (κ3) is 5.42.